The molecule has 1 aliphatic heterocycles. The SMILES string of the molecule is C[C@@H]1O[C@H]1COS(C)(=O)=O. The van der Waals surface area contributed by atoms with E-state index in [9.17, 15) is 8.42 Å². The van der Waals surface area contributed by atoms with Crippen LogP contribution >= 0.6 is 0 Å². The fourth-order valence-corrected chi connectivity index (χ4v) is 0.977. The predicted octanol–water partition coefficient (Wildman–Crippen LogP) is -0.250. The molecular weight excluding hydrogens is 156 g/mol. The summed E-state index contributed by atoms with van der Waals surface area (Å²) >= 11 is 0. The second-order valence-electron chi connectivity index (χ2n) is 2.37. The van der Waals surface area contributed by atoms with Gasteiger partial charge in [-0.1, -0.05) is 0 Å². The maximum Gasteiger partial charge on any atom is 0.264 e. The fourth-order valence-electron chi connectivity index (χ4n) is 0.596. The minimum atomic E-state index is -3.28. The summed E-state index contributed by atoms with van der Waals surface area (Å²) in [6.07, 6.45) is 1.16. The van der Waals surface area contributed by atoms with Crippen molar-refractivity contribution in [2.24, 2.45) is 0 Å². The summed E-state index contributed by atoms with van der Waals surface area (Å²) < 4.78 is 30.2. The quantitative estimate of drug-likeness (QED) is 0.428. The molecule has 0 aliphatic carbocycles. The van der Waals surface area contributed by atoms with Gasteiger partial charge in [-0.2, -0.15) is 8.42 Å². The van der Waals surface area contributed by atoms with E-state index in [0.29, 0.717) is 0 Å². The molecule has 1 heterocycles. The van der Waals surface area contributed by atoms with Gasteiger partial charge in [0.2, 0.25) is 0 Å². The number of hydrogen-bond donors (Lipinski definition) is 0. The molecule has 0 radical (unpaired) electrons. The molecule has 2 atom stereocenters. The van der Waals surface area contributed by atoms with E-state index in [0.717, 1.165) is 6.26 Å². The minimum absolute atomic E-state index is 0.0188. The molecule has 60 valence electrons. The average molecular weight is 166 g/mol. The van der Waals surface area contributed by atoms with E-state index >= 15 is 0 Å². The standard InChI is InChI=1S/C5H10O4S/c1-4-5(9-4)3-8-10(2,6)7/h4-5H,3H2,1-2H3/t4-,5-/m0/s1. The molecule has 10 heavy (non-hydrogen) atoms. The van der Waals surface area contributed by atoms with E-state index in [-0.39, 0.29) is 18.8 Å². The molecule has 0 N–H and O–H groups in total. The maximum atomic E-state index is 10.4. The molecule has 0 aromatic carbocycles. The van der Waals surface area contributed by atoms with Crippen LogP contribution in [0.25, 0.3) is 0 Å². The Morgan fingerprint density at radius 1 is 1.60 bits per heavy atom. The second-order valence-corrected chi connectivity index (χ2v) is 4.01. The van der Waals surface area contributed by atoms with Gasteiger partial charge in [-0.05, 0) is 6.92 Å². The average Bonchev–Trinajstić information content (AvgIpc) is 2.40. The highest BCUT2D eigenvalue weighted by Crippen LogP contribution is 2.21. The summed E-state index contributed by atoms with van der Waals surface area (Å²) in [4.78, 5) is 0. The monoisotopic (exact) mass is 166 g/mol. The van der Waals surface area contributed by atoms with Crippen LogP contribution in [0, 0.1) is 0 Å². The molecule has 1 saturated heterocycles. The fraction of sp³-hybridized carbons (Fsp3) is 1.00. The van der Waals surface area contributed by atoms with E-state index in [1.54, 1.807) is 0 Å². The van der Waals surface area contributed by atoms with Crippen molar-refractivity contribution in [3.63, 3.8) is 0 Å². The van der Waals surface area contributed by atoms with Crippen molar-refractivity contribution in [3.05, 3.63) is 0 Å². The minimum Gasteiger partial charge on any atom is -0.367 e. The normalized spacial score (nSPS) is 32.2. The summed E-state index contributed by atoms with van der Waals surface area (Å²) in [7, 11) is -3.28. The summed E-state index contributed by atoms with van der Waals surface area (Å²) in [5.41, 5.74) is 0. The molecule has 0 bridgehead atoms. The van der Waals surface area contributed by atoms with Crippen LogP contribution in [0.1, 0.15) is 6.92 Å². The Hall–Kier alpha value is -0.130. The lowest BCUT2D eigenvalue weighted by atomic mass is 10.4. The first-order valence-electron chi connectivity index (χ1n) is 2.99. The van der Waals surface area contributed by atoms with Crippen LogP contribution in [0.3, 0.4) is 0 Å². The summed E-state index contributed by atoms with van der Waals surface area (Å²) in [5, 5.41) is 0. The van der Waals surface area contributed by atoms with Gasteiger partial charge < -0.3 is 4.74 Å². The van der Waals surface area contributed by atoms with Crippen molar-refractivity contribution < 1.29 is 17.3 Å². The molecule has 4 nitrogen and oxygen atoms in total. The zero-order chi connectivity index (χ0) is 7.78. The van der Waals surface area contributed by atoms with E-state index in [2.05, 4.69) is 4.18 Å². The third-order valence-electron chi connectivity index (χ3n) is 1.28. The first-order valence-corrected chi connectivity index (χ1v) is 4.80. The third-order valence-corrected chi connectivity index (χ3v) is 1.85. The first-order chi connectivity index (χ1) is 4.49. The molecular formula is C5H10O4S. The molecule has 0 saturated carbocycles. The number of epoxide rings is 1. The lowest BCUT2D eigenvalue weighted by Crippen LogP contribution is -2.09. The zero-order valence-electron chi connectivity index (χ0n) is 5.90. The Balaban J connectivity index is 2.18. The van der Waals surface area contributed by atoms with Gasteiger partial charge in [0, 0.05) is 0 Å². The lowest BCUT2D eigenvalue weighted by Gasteiger charge is -1.94. The number of rotatable bonds is 3. The maximum absolute atomic E-state index is 10.4. The molecule has 0 spiro atoms. The highest BCUT2D eigenvalue weighted by Gasteiger charge is 2.35. The van der Waals surface area contributed by atoms with Crippen LogP contribution in [0.15, 0.2) is 0 Å². The van der Waals surface area contributed by atoms with E-state index in [4.69, 9.17) is 4.74 Å². The van der Waals surface area contributed by atoms with Crippen molar-refractivity contribution in [3.8, 4) is 0 Å². The highest BCUT2D eigenvalue weighted by atomic mass is 32.2. The molecule has 0 aromatic rings. The number of hydrogen-bond acceptors (Lipinski definition) is 4. The van der Waals surface area contributed by atoms with Crippen LogP contribution in [0.4, 0.5) is 0 Å². The van der Waals surface area contributed by atoms with Crippen LogP contribution < -0.4 is 0 Å². The second kappa shape index (κ2) is 2.48. The van der Waals surface area contributed by atoms with Gasteiger partial charge in [-0.25, -0.2) is 0 Å². The van der Waals surface area contributed by atoms with Crippen molar-refractivity contribution in [2.45, 2.75) is 19.1 Å². The van der Waals surface area contributed by atoms with Gasteiger partial charge in [-0.3, -0.25) is 4.18 Å². The van der Waals surface area contributed by atoms with Crippen molar-refractivity contribution >= 4 is 10.1 Å². The Bertz CT molecular complexity index is 208. The van der Waals surface area contributed by atoms with Crippen LogP contribution in [0.2, 0.25) is 0 Å². The van der Waals surface area contributed by atoms with Crippen LogP contribution in [-0.4, -0.2) is 33.5 Å². The molecule has 0 amide bonds. The first kappa shape index (κ1) is 7.97. The predicted molar refractivity (Wildman–Crippen MR) is 35.1 cm³/mol. The Morgan fingerprint density at radius 2 is 2.10 bits per heavy atom. The molecule has 0 unspecified atom stereocenters. The van der Waals surface area contributed by atoms with Crippen LogP contribution in [-0.2, 0) is 19.0 Å². The topological polar surface area (TPSA) is 55.9 Å². The van der Waals surface area contributed by atoms with E-state index in [1.807, 2.05) is 6.92 Å². The molecule has 1 rings (SSSR count). The van der Waals surface area contributed by atoms with E-state index in [1.165, 1.54) is 0 Å². The van der Waals surface area contributed by atoms with Crippen molar-refractivity contribution in [1.29, 1.82) is 0 Å². The van der Waals surface area contributed by atoms with Gasteiger partial charge >= 0.3 is 0 Å². The molecule has 0 aromatic heterocycles. The van der Waals surface area contributed by atoms with Gasteiger partial charge in [0.05, 0.1) is 19.0 Å². The van der Waals surface area contributed by atoms with Gasteiger partial charge in [-0.15, -0.1) is 0 Å². The summed E-state index contributed by atoms with van der Waals surface area (Å²) in [6.45, 7) is 2.02. The van der Waals surface area contributed by atoms with Gasteiger partial charge in [0.1, 0.15) is 6.10 Å². The summed E-state index contributed by atoms with van der Waals surface area (Å²) in [5.74, 6) is 0. The largest absolute Gasteiger partial charge is 0.367 e. The molecule has 1 aliphatic rings. The highest BCUT2D eigenvalue weighted by molar-refractivity contribution is 7.85. The lowest BCUT2D eigenvalue weighted by molar-refractivity contribution is 0.266. The van der Waals surface area contributed by atoms with Crippen LogP contribution in [0.5, 0.6) is 0 Å². The van der Waals surface area contributed by atoms with Gasteiger partial charge in [0.25, 0.3) is 10.1 Å². The summed E-state index contributed by atoms with van der Waals surface area (Å²) in [6, 6.07) is 0. The Labute approximate surface area is 60.3 Å². The molecule has 5 heteroatoms. The van der Waals surface area contributed by atoms with E-state index < -0.39 is 10.1 Å². The zero-order valence-corrected chi connectivity index (χ0v) is 6.72. The number of ether oxygens (including phenoxy) is 1. The van der Waals surface area contributed by atoms with Crippen molar-refractivity contribution in [1.82, 2.24) is 0 Å². The van der Waals surface area contributed by atoms with Gasteiger partial charge in [0.15, 0.2) is 0 Å². The third kappa shape index (κ3) is 2.64. The molecule has 1 fully saturated rings. The smallest absolute Gasteiger partial charge is 0.264 e. The Morgan fingerprint density at radius 3 is 2.40 bits per heavy atom. The van der Waals surface area contributed by atoms with Crippen molar-refractivity contribution in [2.75, 3.05) is 12.9 Å². The Kier molecular flexibility index (Phi) is 1.98.